The van der Waals surface area contributed by atoms with Crippen molar-refractivity contribution in [3.63, 3.8) is 0 Å². The number of rotatable bonds is 0. The molecule has 0 nitrogen and oxygen atoms in total. The minimum absolute atomic E-state index is 0. The van der Waals surface area contributed by atoms with Crippen LogP contribution in [-0.2, 0) is 0 Å². The SMILES string of the molecule is C1CCSC1.P. The summed E-state index contributed by atoms with van der Waals surface area (Å²) in [6.45, 7) is 0. The first-order valence-corrected chi connectivity index (χ1v) is 3.23. The predicted molar refractivity (Wildman–Crippen MR) is 37.7 cm³/mol. The van der Waals surface area contributed by atoms with E-state index >= 15 is 0 Å². The van der Waals surface area contributed by atoms with E-state index in [1.807, 2.05) is 0 Å². The van der Waals surface area contributed by atoms with E-state index in [4.69, 9.17) is 0 Å². The summed E-state index contributed by atoms with van der Waals surface area (Å²) in [5.74, 6) is 2.83. The van der Waals surface area contributed by atoms with Crippen LogP contribution >= 0.6 is 21.7 Å². The molecule has 1 saturated heterocycles. The summed E-state index contributed by atoms with van der Waals surface area (Å²) >= 11 is 2.07. The number of hydrogen-bond acceptors (Lipinski definition) is 1. The lowest BCUT2D eigenvalue weighted by molar-refractivity contribution is 0.949. The highest BCUT2D eigenvalue weighted by molar-refractivity contribution is 7.99. The standard InChI is InChI=1S/C4H8S.H3P/c1-2-4-5-3-1;/h1-4H2;1H3. The largest absolute Gasteiger partial charge is 0.162 e. The molecule has 2 heteroatoms. The van der Waals surface area contributed by atoms with Gasteiger partial charge in [-0.1, -0.05) is 0 Å². The molecule has 1 heterocycles. The van der Waals surface area contributed by atoms with Gasteiger partial charge in [0.15, 0.2) is 0 Å². The van der Waals surface area contributed by atoms with Crippen LogP contribution < -0.4 is 0 Å². The maximum atomic E-state index is 2.07. The van der Waals surface area contributed by atoms with Gasteiger partial charge in [-0.2, -0.15) is 21.7 Å². The van der Waals surface area contributed by atoms with Gasteiger partial charge in [0.2, 0.25) is 0 Å². The van der Waals surface area contributed by atoms with E-state index < -0.39 is 0 Å². The van der Waals surface area contributed by atoms with Crippen molar-refractivity contribution < 1.29 is 0 Å². The maximum Gasteiger partial charge on any atom is -0.00672 e. The Bertz CT molecular complexity index is 19.1. The Kier molecular flexibility index (Phi) is 4.47. The predicted octanol–water partition coefficient (Wildman–Crippen LogP) is 1.57. The van der Waals surface area contributed by atoms with Crippen molar-refractivity contribution >= 4 is 21.7 Å². The molecule has 38 valence electrons. The molecule has 0 radical (unpaired) electrons. The van der Waals surface area contributed by atoms with E-state index in [0.29, 0.717) is 0 Å². The molecule has 0 saturated carbocycles. The highest BCUT2D eigenvalue weighted by Crippen LogP contribution is 2.14. The smallest absolute Gasteiger partial charge is 0.00672 e. The number of thioether (sulfide) groups is 1. The van der Waals surface area contributed by atoms with Crippen LogP contribution in [-0.4, -0.2) is 11.5 Å². The average molecular weight is 122 g/mol. The van der Waals surface area contributed by atoms with Crippen molar-refractivity contribution in [1.29, 1.82) is 0 Å². The summed E-state index contributed by atoms with van der Waals surface area (Å²) in [6.07, 6.45) is 2.93. The molecular formula is C4H11PS. The van der Waals surface area contributed by atoms with Crippen LogP contribution in [0.25, 0.3) is 0 Å². The summed E-state index contributed by atoms with van der Waals surface area (Å²) in [5.41, 5.74) is 0. The Morgan fingerprint density at radius 1 is 1.00 bits per heavy atom. The summed E-state index contributed by atoms with van der Waals surface area (Å²) in [6, 6.07) is 0. The maximum absolute atomic E-state index is 2.07. The fourth-order valence-electron chi connectivity index (χ4n) is 0.510. The van der Waals surface area contributed by atoms with Crippen LogP contribution in [0.1, 0.15) is 12.8 Å². The number of hydrogen-bond donors (Lipinski definition) is 0. The van der Waals surface area contributed by atoms with Gasteiger partial charge in [-0.15, -0.1) is 0 Å². The molecule has 1 aliphatic rings. The van der Waals surface area contributed by atoms with Crippen LogP contribution in [0.5, 0.6) is 0 Å². The Balaban J connectivity index is 0.000000250. The van der Waals surface area contributed by atoms with Crippen molar-refractivity contribution in [3.8, 4) is 0 Å². The second-order valence-corrected chi connectivity index (χ2v) is 2.54. The molecule has 0 aliphatic carbocycles. The first kappa shape index (κ1) is 6.78. The topological polar surface area (TPSA) is 0 Å². The Morgan fingerprint density at radius 2 is 1.50 bits per heavy atom. The molecule has 0 bridgehead atoms. The van der Waals surface area contributed by atoms with Gasteiger partial charge >= 0.3 is 0 Å². The fraction of sp³-hybridized carbons (Fsp3) is 1.00. The average Bonchev–Trinajstić information content (AvgIpc) is 1.76. The molecule has 0 amide bonds. The van der Waals surface area contributed by atoms with Crippen molar-refractivity contribution in [2.24, 2.45) is 0 Å². The van der Waals surface area contributed by atoms with E-state index in [1.54, 1.807) is 0 Å². The second kappa shape index (κ2) is 3.95. The third kappa shape index (κ3) is 2.04. The molecule has 1 unspecified atom stereocenters. The lowest BCUT2D eigenvalue weighted by atomic mass is 10.4. The van der Waals surface area contributed by atoms with Crippen LogP contribution in [0.15, 0.2) is 0 Å². The molecule has 1 fully saturated rings. The Morgan fingerprint density at radius 3 is 1.67 bits per heavy atom. The van der Waals surface area contributed by atoms with Crippen LogP contribution in [0, 0.1) is 0 Å². The molecule has 0 aromatic carbocycles. The zero-order chi connectivity index (χ0) is 3.54. The lowest BCUT2D eigenvalue weighted by Gasteiger charge is -1.69. The van der Waals surface area contributed by atoms with E-state index in [2.05, 4.69) is 11.8 Å². The monoisotopic (exact) mass is 122 g/mol. The Labute approximate surface area is 46.7 Å². The van der Waals surface area contributed by atoms with Gasteiger partial charge in [-0.3, -0.25) is 0 Å². The van der Waals surface area contributed by atoms with Gasteiger partial charge < -0.3 is 0 Å². The first-order valence-electron chi connectivity index (χ1n) is 2.08. The summed E-state index contributed by atoms with van der Waals surface area (Å²) in [5, 5.41) is 0. The van der Waals surface area contributed by atoms with E-state index in [0.717, 1.165) is 0 Å². The Hall–Kier alpha value is 0.780. The second-order valence-electron chi connectivity index (χ2n) is 1.32. The van der Waals surface area contributed by atoms with Crippen LogP contribution in [0.2, 0.25) is 0 Å². The zero-order valence-electron chi connectivity index (χ0n) is 3.94. The van der Waals surface area contributed by atoms with E-state index in [9.17, 15) is 0 Å². The normalized spacial score (nSPS) is 20.0. The minimum atomic E-state index is 0. The van der Waals surface area contributed by atoms with Gasteiger partial charge in [-0.25, -0.2) is 0 Å². The van der Waals surface area contributed by atoms with Gasteiger partial charge in [0.25, 0.3) is 0 Å². The summed E-state index contributed by atoms with van der Waals surface area (Å²) in [7, 11) is 0. The van der Waals surface area contributed by atoms with Crippen molar-refractivity contribution in [3.05, 3.63) is 0 Å². The van der Waals surface area contributed by atoms with Crippen molar-refractivity contribution in [2.45, 2.75) is 12.8 Å². The molecule has 1 rings (SSSR count). The summed E-state index contributed by atoms with van der Waals surface area (Å²) in [4.78, 5) is 0. The minimum Gasteiger partial charge on any atom is -0.162 e. The summed E-state index contributed by atoms with van der Waals surface area (Å²) < 4.78 is 0. The van der Waals surface area contributed by atoms with E-state index in [-0.39, 0.29) is 9.90 Å². The molecule has 0 aromatic rings. The van der Waals surface area contributed by atoms with Crippen molar-refractivity contribution in [1.82, 2.24) is 0 Å². The van der Waals surface area contributed by atoms with Crippen molar-refractivity contribution in [2.75, 3.05) is 11.5 Å². The highest BCUT2D eigenvalue weighted by atomic mass is 32.2. The third-order valence-electron chi connectivity index (χ3n) is 0.827. The molecule has 1 aliphatic heterocycles. The molecule has 6 heavy (non-hydrogen) atoms. The van der Waals surface area contributed by atoms with E-state index in [1.165, 1.54) is 24.3 Å². The highest BCUT2D eigenvalue weighted by Gasteiger charge is 1.95. The fourth-order valence-corrected chi connectivity index (χ4v) is 1.53. The third-order valence-corrected chi connectivity index (χ3v) is 1.98. The van der Waals surface area contributed by atoms with Gasteiger partial charge in [0.1, 0.15) is 0 Å². The van der Waals surface area contributed by atoms with Crippen LogP contribution in [0.4, 0.5) is 0 Å². The van der Waals surface area contributed by atoms with Gasteiger partial charge in [0.05, 0.1) is 0 Å². The first-order chi connectivity index (χ1) is 2.50. The molecule has 1 atom stereocenters. The lowest BCUT2D eigenvalue weighted by Crippen LogP contribution is -1.58. The molecule has 0 aromatic heterocycles. The van der Waals surface area contributed by atoms with Gasteiger partial charge in [0, 0.05) is 0 Å². The van der Waals surface area contributed by atoms with Crippen LogP contribution in [0.3, 0.4) is 0 Å². The molecule has 0 spiro atoms. The van der Waals surface area contributed by atoms with Gasteiger partial charge in [-0.05, 0) is 24.3 Å². The molecular weight excluding hydrogens is 111 g/mol. The molecule has 0 N–H and O–H groups in total. The zero-order valence-corrected chi connectivity index (χ0v) is 6.17. The quantitative estimate of drug-likeness (QED) is 0.439.